The average molecular weight is 276 g/mol. The molecule has 0 saturated carbocycles. The third-order valence-electron chi connectivity index (χ3n) is 4.06. The van der Waals surface area contributed by atoms with E-state index in [1.54, 1.807) is 13.2 Å². The van der Waals surface area contributed by atoms with E-state index in [-0.39, 0.29) is 5.91 Å². The molecule has 0 atom stereocenters. The number of nitrogens with one attached hydrogen (secondary N) is 1. The first-order valence-electron chi connectivity index (χ1n) is 7.21. The minimum Gasteiger partial charge on any atom is -0.496 e. The largest absolute Gasteiger partial charge is 0.496 e. The van der Waals surface area contributed by atoms with E-state index >= 15 is 0 Å². The summed E-state index contributed by atoms with van der Waals surface area (Å²) in [5.41, 5.74) is 1.71. The number of rotatable bonds is 4. The minimum absolute atomic E-state index is 0.0118. The highest BCUT2D eigenvalue weighted by molar-refractivity contribution is 5.94. The van der Waals surface area contributed by atoms with Crippen LogP contribution in [0.1, 0.15) is 28.8 Å². The fraction of sp³-hybridized carbons (Fsp3) is 0.562. The quantitative estimate of drug-likeness (QED) is 0.915. The van der Waals surface area contributed by atoms with Gasteiger partial charge in [-0.05, 0) is 63.5 Å². The van der Waals surface area contributed by atoms with Crippen LogP contribution in [0.2, 0.25) is 0 Å². The van der Waals surface area contributed by atoms with Crippen molar-refractivity contribution in [3.63, 3.8) is 0 Å². The average Bonchev–Trinajstić information content (AvgIpc) is 2.47. The summed E-state index contributed by atoms with van der Waals surface area (Å²) in [5.74, 6) is 1.35. The fourth-order valence-electron chi connectivity index (χ4n) is 2.57. The predicted molar refractivity (Wildman–Crippen MR) is 80.3 cm³/mol. The van der Waals surface area contributed by atoms with E-state index in [1.807, 2.05) is 19.1 Å². The highest BCUT2D eigenvalue weighted by Crippen LogP contribution is 2.19. The molecular formula is C16H24N2O2. The Bertz CT molecular complexity index is 466. The second kappa shape index (κ2) is 6.75. The summed E-state index contributed by atoms with van der Waals surface area (Å²) in [6, 6.07) is 5.57. The van der Waals surface area contributed by atoms with Crippen LogP contribution in [0.4, 0.5) is 0 Å². The van der Waals surface area contributed by atoms with E-state index in [0.717, 1.165) is 43.8 Å². The van der Waals surface area contributed by atoms with Gasteiger partial charge in [0.25, 0.3) is 5.91 Å². The van der Waals surface area contributed by atoms with Crippen LogP contribution in [0.15, 0.2) is 18.2 Å². The molecule has 1 amide bonds. The fourth-order valence-corrected chi connectivity index (χ4v) is 2.57. The smallest absolute Gasteiger partial charge is 0.251 e. The molecule has 1 aliphatic rings. The molecule has 0 aliphatic carbocycles. The Morgan fingerprint density at radius 3 is 2.75 bits per heavy atom. The van der Waals surface area contributed by atoms with E-state index in [4.69, 9.17) is 4.74 Å². The van der Waals surface area contributed by atoms with Gasteiger partial charge < -0.3 is 15.0 Å². The van der Waals surface area contributed by atoms with Gasteiger partial charge in [-0.3, -0.25) is 4.79 Å². The first-order valence-corrected chi connectivity index (χ1v) is 7.21. The maximum absolute atomic E-state index is 12.2. The van der Waals surface area contributed by atoms with Crippen molar-refractivity contribution >= 4 is 5.91 Å². The molecule has 1 aromatic carbocycles. The van der Waals surface area contributed by atoms with Crippen LogP contribution >= 0.6 is 0 Å². The van der Waals surface area contributed by atoms with Crippen molar-refractivity contribution in [2.45, 2.75) is 19.8 Å². The number of aryl methyl sites for hydroxylation is 1. The number of piperidine rings is 1. The lowest BCUT2D eigenvalue weighted by atomic mass is 9.97. The van der Waals surface area contributed by atoms with Gasteiger partial charge in [0.1, 0.15) is 5.75 Å². The van der Waals surface area contributed by atoms with Gasteiger partial charge in [0.15, 0.2) is 0 Å². The molecule has 0 spiro atoms. The Morgan fingerprint density at radius 1 is 1.40 bits per heavy atom. The molecule has 110 valence electrons. The first-order chi connectivity index (χ1) is 9.60. The summed E-state index contributed by atoms with van der Waals surface area (Å²) in [5, 5.41) is 3.04. The van der Waals surface area contributed by atoms with Gasteiger partial charge in [0, 0.05) is 12.1 Å². The standard InChI is InChI=1S/C16H24N2O2/c1-12-4-5-14(10-15(12)20-3)16(19)17-11-13-6-8-18(2)9-7-13/h4-5,10,13H,6-9,11H2,1-3H3,(H,17,19). The number of nitrogens with zero attached hydrogens (tertiary/aromatic N) is 1. The molecule has 1 heterocycles. The molecule has 0 radical (unpaired) electrons. The first kappa shape index (κ1) is 14.9. The number of methoxy groups -OCH3 is 1. The summed E-state index contributed by atoms with van der Waals surface area (Å²) in [6.07, 6.45) is 2.32. The molecule has 0 aromatic heterocycles. The highest BCUT2D eigenvalue weighted by atomic mass is 16.5. The zero-order valence-electron chi connectivity index (χ0n) is 12.6. The van der Waals surface area contributed by atoms with Gasteiger partial charge in [0.2, 0.25) is 0 Å². The Labute approximate surface area is 121 Å². The van der Waals surface area contributed by atoms with Crippen molar-refractivity contribution in [3.05, 3.63) is 29.3 Å². The van der Waals surface area contributed by atoms with Crippen LogP contribution in [-0.2, 0) is 0 Å². The molecule has 1 saturated heterocycles. The van der Waals surface area contributed by atoms with E-state index in [1.165, 1.54) is 0 Å². The summed E-state index contributed by atoms with van der Waals surface area (Å²) >= 11 is 0. The maximum Gasteiger partial charge on any atom is 0.251 e. The topological polar surface area (TPSA) is 41.6 Å². The summed E-state index contributed by atoms with van der Waals surface area (Å²) in [4.78, 5) is 14.5. The van der Waals surface area contributed by atoms with Crippen LogP contribution in [0.3, 0.4) is 0 Å². The third kappa shape index (κ3) is 3.73. The second-order valence-corrected chi connectivity index (χ2v) is 5.64. The van der Waals surface area contributed by atoms with Crippen molar-refractivity contribution < 1.29 is 9.53 Å². The molecule has 20 heavy (non-hydrogen) atoms. The normalized spacial score (nSPS) is 16.9. The second-order valence-electron chi connectivity index (χ2n) is 5.64. The molecule has 1 fully saturated rings. The van der Waals surface area contributed by atoms with E-state index in [9.17, 15) is 4.79 Å². The SMILES string of the molecule is COc1cc(C(=O)NCC2CCN(C)CC2)ccc1C. The molecule has 4 nitrogen and oxygen atoms in total. The van der Waals surface area contributed by atoms with Crippen LogP contribution in [0.25, 0.3) is 0 Å². The van der Waals surface area contributed by atoms with Crippen molar-refractivity contribution in [3.8, 4) is 5.75 Å². The molecule has 0 unspecified atom stereocenters. The molecular weight excluding hydrogens is 252 g/mol. The lowest BCUT2D eigenvalue weighted by molar-refractivity contribution is 0.0938. The van der Waals surface area contributed by atoms with Crippen LogP contribution in [0, 0.1) is 12.8 Å². The number of benzene rings is 1. The summed E-state index contributed by atoms with van der Waals surface area (Å²) in [7, 11) is 3.77. The van der Waals surface area contributed by atoms with Crippen LogP contribution < -0.4 is 10.1 Å². The zero-order valence-corrected chi connectivity index (χ0v) is 12.6. The van der Waals surface area contributed by atoms with Gasteiger partial charge in [-0.2, -0.15) is 0 Å². The van der Waals surface area contributed by atoms with Gasteiger partial charge in [-0.15, -0.1) is 0 Å². The summed E-state index contributed by atoms with van der Waals surface area (Å²) in [6.45, 7) is 4.99. The van der Waals surface area contributed by atoms with Gasteiger partial charge >= 0.3 is 0 Å². The zero-order chi connectivity index (χ0) is 14.5. The predicted octanol–water partition coefficient (Wildman–Crippen LogP) is 2.08. The highest BCUT2D eigenvalue weighted by Gasteiger charge is 2.17. The molecule has 0 bridgehead atoms. The Hall–Kier alpha value is -1.55. The molecule has 2 rings (SSSR count). The Balaban J connectivity index is 1.88. The third-order valence-corrected chi connectivity index (χ3v) is 4.06. The van der Waals surface area contributed by atoms with Crippen molar-refractivity contribution in [2.75, 3.05) is 33.8 Å². The van der Waals surface area contributed by atoms with Gasteiger partial charge in [-0.1, -0.05) is 6.07 Å². The number of hydrogen-bond donors (Lipinski definition) is 1. The lowest BCUT2D eigenvalue weighted by Gasteiger charge is -2.28. The number of ether oxygens (including phenoxy) is 1. The molecule has 1 N–H and O–H groups in total. The maximum atomic E-state index is 12.2. The number of carbonyl (C=O) groups excluding carboxylic acids is 1. The van der Waals surface area contributed by atoms with Crippen LogP contribution in [0.5, 0.6) is 5.75 Å². The van der Waals surface area contributed by atoms with Crippen molar-refractivity contribution in [1.29, 1.82) is 0 Å². The number of carbonyl (C=O) groups is 1. The van der Waals surface area contributed by atoms with Crippen LogP contribution in [-0.4, -0.2) is 44.6 Å². The summed E-state index contributed by atoms with van der Waals surface area (Å²) < 4.78 is 5.26. The van der Waals surface area contributed by atoms with Crippen molar-refractivity contribution in [2.24, 2.45) is 5.92 Å². The molecule has 1 aliphatic heterocycles. The molecule has 4 heteroatoms. The molecule has 1 aromatic rings. The number of amides is 1. The number of hydrogen-bond acceptors (Lipinski definition) is 3. The Kier molecular flexibility index (Phi) is 5.01. The van der Waals surface area contributed by atoms with Gasteiger partial charge in [0.05, 0.1) is 7.11 Å². The Morgan fingerprint density at radius 2 is 2.10 bits per heavy atom. The monoisotopic (exact) mass is 276 g/mol. The van der Waals surface area contributed by atoms with E-state index in [2.05, 4.69) is 17.3 Å². The number of likely N-dealkylation sites (tertiary alicyclic amines) is 1. The minimum atomic E-state index is -0.0118. The van der Waals surface area contributed by atoms with E-state index < -0.39 is 0 Å². The van der Waals surface area contributed by atoms with E-state index in [0.29, 0.717) is 11.5 Å². The lowest BCUT2D eigenvalue weighted by Crippen LogP contribution is -2.36. The van der Waals surface area contributed by atoms with Gasteiger partial charge in [-0.25, -0.2) is 0 Å². The van der Waals surface area contributed by atoms with Crippen molar-refractivity contribution in [1.82, 2.24) is 10.2 Å².